The monoisotopic (exact) mass is 462 g/mol. The third kappa shape index (κ3) is 7.50. The molecule has 1 aromatic rings. The molecule has 1 rings (SSSR count). The predicted octanol–water partition coefficient (Wildman–Crippen LogP) is 2.45. The Labute approximate surface area is 168 Å². The highest BCUT2D eigenvalue weighted by Crippen LogP contribution is 2.20. The fourth-order valence-electron chi connectivity index (χ4n) is 2.22. The van der Waals surface area contributed by atoms with Gasteiger partial charge in [0.15, 0.2) is 5.96 Å². The maximum atomic E-state index is 11.8. The quantitative estimate of drug-likeness (QED) is 0.331. The lowest BCUT2D eigenvalue weighted by atomic mass is 9.92. The maximum absolute atomic E-state index is 11.8. The van der Waals surface area contributed by atoms with Crippen LogP contribution in [0.2, 0.25) is 0 Å². The zero-order valence-corrected chi connectivity index (χ0v) is 18.4. The standard InChI is InChI=1S/C18H30N4O2.HI/c1-7-24-15-10-13(2)8-9-14(15)11-21-17(20-6)22-12-18(3,4)16(23)19-5;/h8-10H,7,11-12H2,1-6H3,(H,19,23)(H2,20,21,22);1H. The topological polar surface area (TPSA) is 74.8 Å². The number of nitrogens with one attached hydrogen (secondary N) is 3. The Morgan fingerprint density at radius 3 is 2.52 bits per heavy atom. The van der Waals surface area contributed by atoms with Gasteiger partial charge >= 0.3 is 0 Å². The highest BCUT2D eigenvalue weighted by molar-refractivity contribution is 14.0. The number of benzene rings is 1. The van der Waals surface area contributed by atoms with Crippen molar-refractivity contribution < 1.29 is 9.53 Å². The summed E-state index contributed by atoms with van der Waals surface area (Å²) >= 11 is 0. The number of nitrogens with zero attached hydrogens (tertiary/aromatic N) is 1. The van der Waals surface area contributed by atoms with E-state index in [1.54, 1.807) is 14.1 Å². The van der Waals surface area contributed by atoms with E-state index >= 15 is 0 Å². The van der Waals surface area contributed by atoms with E-state index in [2.05, 4.69) is 33.1 Å². The van der Waals surface area contributed by atoms with Crippen molar-refractivity contribution in [2.75, 3.05) is 27.2 Å². The molecule has 0 bridgehead atoms. The molecule has 0 spiro atoms. The van der Waals surface area contributed by atoms with Gasteiger partial charge in [-0.05, 0) is 39.3 Å². The van der Waals surface area contributed by atoms with Crippen LogP contribution in [0.1, 0.15) is 31.9 Å². The number of halogens is 1. The maximum Gasteiger partial charge on any atom is 0.227 e. The fourth-order valence-corrected chi connectivity index (χ4v) is 2.22. The van der Waals surface area contributed by atoms with Crippen LogP contribution in [-0.4, -0.2) is 39.1 Å². The van der Waals surface area contributed by atoms with Gasteiger partial charge in [-0.2, -0.15) is 0 Å². The number of carbonyl (C=O) groups is 1. The first-order valence-corrected chi connectivity index (χ1v) is 8.23. The van der Waals surface area contributed by atoms with Crippen LogP contribution in [0, 0.1) is 12.3 Å². The summed E-state index contributed by atoms with van der Waals surface area (Å²) in [7, 11) is 3.35. The molecule has 1 aromatic carbocycles. The molecule has 3 N–H and O–H groups in total. The number of amides is 1. The number of aryl methyl sites for hydroxylation is 1. The van der Waals surface area contributed by atoms with Crippen LogP contribution in [-0.2, 0) is 11.3 Å². The van der Waals surface area contributed by atoms with Gasteiger partial charge in [-0.25, -0.2) is 0 Å². The Balaban J connectivity index is 0.00000576. The van der Waals surface area contributed by atoms with E-state index in [9.17, 15) is 4.79 Å². The smallest absolute Gasteiger partial charge is 0.227 e. The minimum absolute atomic E-state index is 0. The summed E-state index contributed by atoms with van der Waals surface area (Å²) in [6.45, 7) is 9.50. The van der Waals surface area contributed by atoms with Crippen molar-refractivity contribution in [3.63, 3.8) is 0 Å². The van der Waals surface area contributed by atoms with Crippen LogP contribution in [0.3, 0.4) is 0 Å². The van der Waals surface area contributed by atoms with Gasteiger partial charge in [0.25, 0.3) is 0 Å². The molecule has 7 heteroatoms. The second-order valence-corrected chi connectivity index (χ2v) is 6.29. The first-order chi connectivity index (χ1) is 11.3. The first-order valence-electron chi connectivity index (χ1n) is 8.23. The molecule has 0 aliphatic carbocycles. The molecule has 142 valence electrons. The number of guanidine groups is 1. The number of hydrogen-bond acceptors (Lipinski definition) is 3. The zero-order chi connectivity index (χ0) is 18.2. The molecular weight excluding hydrogens is 431 g/mol. The van der Waals surface area contributed by atoms with Crippen molar-refractivity contribution in [1.82, 2.24) is 16.0 Å². The molecule has 25 heavy (non-hydrogen) atoms. The molecule has 0 saturated heterocycles. The van der Waals surface area contributed by atoms with Crippen LogP contribution in [0.15, 0.2) is 23.2 Å². The van der Waals surface area contributed by atoms with E-state index in [0.29, 0.717) is 25.7 Å². The summed E-state index contributed by atoms with van der Waals surface area (Å²) in [5.41, 5.74) is 1.71. The number of aliphatic imine (C=N–C) groups is 1. The number of carbonyl (C=O) groups excluding carboxylic acids is 1. The van der Waals surface area contributed by atoms with Gasteiger partial charge < -0.3 is 20.7 Å². The second kappa shape index (κ2) is 11.2. The molecule has 0 aliphatic rings. The minimum atomic E-state index is -0.521. The average molecular weight is 462 g/mol. The van der Waals surface area contributed by atoms with Crippen LogP contribution in [0.25, 0.3) is 0 Å². The molecular formula is C18H31IN4O2. The molecule has 0 atom stereocenters. The van der Waals surface area contributed by atoms with E-state index < -0.39 is 5.41 Å². The van der Waals surface area contributed by atoms with E-state index in [-0.39, 0.29) is 29.9 Å². The SMILES string of the molecule is CCOc1cc(C)ccc1CNC(=NC)NCC(C)(C)C(=O)NC.I. The zero-order valence-electron chi connectivity index (χ0n) is 16.0. The average Bonchev–Trinajstić information content (AvgIpc) is 2.56. The van der Waals surface area contributed by atoms with Gasteiger partial charge in [-0.3, -0.25) is 9.79 Å². The number of ether oxygens (including phenoxy) is 1. The van der Waals surface area contributed by atoms with Gasteiger partial charge in [0, 0.05) is 32.7 Å². The van der Waals surface area contributed by atoms with Crippen LogP contribution in [0.5, 0.6) is 5.75 Å². The summed E-state index contributed by atoms with van der Waals surface area (Å²) in [5, 5.41) is 9.13. The number of hydrogen-bond donors (Lipinski definition) is 3. The molecule has 0 fully saturated rings. The lowest BCUT2D eigenvalue weighted by Gasteiger charge is -2.24. The van der Waals surface area contributed by atoms with E-state index in [4.69, 9.17) is 4.74 Å². The van der Waals surface area contributed by atoms with Crippen LogP contribution in [0.4, 0.5) is 0 Å². The van der Waals surface area contributed by atoms with Crippen molar-refractivity contribution in [1.29, 1.82) is 0 Å². The Morgan fingerprint density at radius 2 is 1.96 bits per heavy atom. The predicted molar refractivity (Wildman–Crippen MR) is 114 cm³/mol. The van der Waals surface area contributed by atoms with Gasteiger partial charge in [0.2, 0.25) is 5.91 Å². The third-order valence-electron chi connectivity index (χ3n) is 3.73. The summed E-state index contributed by atoms with van der Waals surface area (Å²) in [6, 6.07) is 6.14. The molecule has 0 aliphatic heterocycles. The van der Waals surface area contributed by atoms with E-state index in [1.807, 2.05) is 33.8 Å². The first kappa shape index (κ1) is 23.5. The fraction of sp³-hybridized carbons (Fsp3) is 0.556. The Kier molecular flexibility index (Phi) is 10.5. The van der Waals surface area contributed by atoms with Crippen molar-refractivity contribution in [2.24, 2.45) is 10.4 Å². The van der Waals surface area contributed by atoms with Gasteiger partial charge in [0.05, 0.1) is 12.0 Å². The summed E-state index contributed by atoms with van der Waals surface area (Å²) in [4.78, 5) is 16.0. The van der Waals surface area contributed by atoms with E-state index in [0.717, 1.165) is 16.9 Å². The lowest BCUT2D eigenvalue weighted by molar-refractivity contribution is -0.128. The molecule has 1 amide bonds. The Morgan fingerprint density at radius 1 is 1.28 bits per heavy atom. The minimum Gasteiger partial charge on any atom is -0.494 e. The van der Waals surface area contributed by atoms with Crippen molar-refractivity contribution >= 4 is 35.8 Å². The Bertz CT molecular complexity index is 588. The van der Waals surface area contributed by atoms with Crippen LogP contribution < -0.4 is 20.7 Å². The molecule has 0 saturated carbocycles. The van der Waals surface area contributed by atoms with E-state index in [1.165, 1.54) is 0 Å². The highest BCUT2D eigenvalue weighted by atomic mass is 127. The Hall–Kier alpha value is -1.51. The van der Waals surface area contributed by atoms with Crippen molar-refractivity contribution in [3.05, 3.63) is 29.3 Å². The third-order valence-corrected chi connectivity index (χ3v) is 3.73. The molecule has 0 heterocycles. The summed E-state index contributed by atoms with van der Waals surface area (Å²) in [6.07, 6.45) is 0. The molecule has 0 aromatic heterocycles. The molecule has 6 nitrogen and oxygen atoms in total. The van der Waals surface area contributed by atoms with Crippen molar-refractivity contribution in [2.45, 2.75) is 34.2 Å². The van der Waals surface area contributed by atoms with Gasteiger partial charge in [-0.1, -0.05) is 12.1 Å². The second-order valence-electron chi connectivity index (χ2n) is 6.29. The molecule has 0 radical (unpaired) electrons. The van der Waals surface area contributed by atoms with Crippen molar-refractivity contribution in [3.8, 4) is 5.75 Å². The summed E-state index contributed by atoms with van der Waals surface area (Å²) < 4.78 is 5.69. The normalized spacial score (nSPS) is 11.4. The molecule has 0 unspecified atom stereocenters. The van der Waals surface area contributed by atoms with Gasteiger partial charge in [0.1, 0.15) is 5.75 Å². The lowest BCUT2D eigenvalue weighted by Crippen LogP contribution is -2.47. The van der Waals surface area contributed by atoms with Gasteiger partial charge in [-0.15, -0.1) is 24.0 Å². The summed E-state index contributed by atoms with van der Waals surface area (Å²) in [5.74, 6) is 1.52. The highest BCUT2D eigenvalue weighted by Gasteiger charge is 2.26. The number of rotatable bonds is 7. The van der Waals surface area contributed by atoms with Crippen LogP contribution >= 0.6 is 24.0 Å². The largest absolute Gasteiger partial charge is 0.494 e.